The van der Waals surface area contributed by atoms with E-state index in [9.17, 15) is 9.59 Å². The lowest BCUT2D eigenvalue weighted by Crippen LogP contribution is -2.11. The van der Waals surface area contributed by atoms with Crippen molar-refractivity contribution >= 4 is 17.6 Å². The smallest absolute Gasteiger partial charge is 0.340 e. The van der Waals surface area contributed by atoms with Crippen LogP contribution in [0.3, 0.4) is 0 Å². The van der Waals surface area contributed by atoms with Crippen LogP contribution >= 0.6 is 0 Å². The SMILES string of the molecule is CC(=O)c1c(C)cc(C)c(COC(=O)c2ccc(NC3CC3)nc2)c1C. The van der Waals surface area contributed by atoms with E-state index < -0.39 is 5.97 Å². The predicted octanol–water partition coefficient (Wildman–Crippen LogP) is 4.14. The third-order valence-electron chi connectivity index (χ3n) is 4.76. The molecule has 1 aliphatic rings. The minimum absolute atomic E-state index is 0.0236. The number of carbonyl (C=O) groups excluding carboxylic acids is 2. The van der Waals surface area contributed by atoms with Gasteiger partial charge in [-0.25, -0.2) is 9.78 Å². The maximum Gasteiger partial charge on any atom is 0.340 e. The fourth-order valence-corrected chi connectivity index (χ4v) is 3.25. The van der Waals surface area contributed by atoms with Gasteiger partial charge in [-0.15, -0.1) is 0 Å². The Balaban J connectivity index is 1.71. The molecular weight excluding hydrogens is 328 g/mol. The number of hydrogen-bond acceptors (Lipinski definition) is 5. The number of anilines is 1. The molecule has 0 unspecified atom stereocenters. The van der Waals surface area contributed by atoms with Crippen LogP contribution in [-0.2, 0) is 11.3 Å². The summed E-state index contributed by atoms with van der Waals surface area (Å²) in [6.07, 6.45) is 3.87. The molecule has 136 valence electrons. The molecule has 0 bridgehead atoms. The molecule has 2 aromatic rings. The van der Waals surface area contributed by atoms with Gasteiger partial charge in [0.1, 0.15) is 12.4 Å². The predicted molar refractivity (Wildman–Crippen MR) is 101 cm³/mol. The van der Waals surface area contributed by atoms with Crippen molar-refractivity contribution < 1.29 is 14.3 Å². The van der Waals surface area contributed by atoms with Crippen LogP contribution in [0.5, 0.6) is 0 Å². The number of esters is 1. The van der Waals surface area contributed by atoms with Crippen molar-refractivity contribution in [2.45, 2.75) is 53.2 Å². The summed E-state index contributed by atoms with van der Waals surface area (Å²) in [5.41, 5.74) is 4.85. The number of carbonyl (C=O) groups is 2. The van der Waals surface area contributed by atoms with Crippen molar-refractivity contribution in [1.29, 1.82) is 0 Å². The van der Waals surface area contributed by atoms with Gasteiger partial charge in [-0.3, -0.25) is 4.79 Å². The molecule has 0 radical (unpaired) electrons. The van der Waals surface area contributed by atoms with Gasteiger partial charge in [-0.05, 0) is 74.9 Å². The van der Waals surface area contributed by atoms with Crippen molar-refractivity contribution in [1.82, 2.24) is 4.98 Å². The lowest BCUT2D eigenvalue weighted by atomic mass is 9.92. The number of Topliss-reactive ketones (excluding diaryl/α,β-unsaturated/α-hetero) is 1. The van der Waals surface area contributed by atoms with Crippen LogP contribution < -0.4 is 5.32 Å². The van der Waals surface area contributed by atoms with Crippen LogP contribution in [-0.4, -0.2) is 22.8 Å². The second-order valence-corrected chi connectivity index (χ2v) is 6.97. The topological polar surface area (TPSA) is 68.3 Å². The second kappa shape index (κ2) is 7.28. The van der Waals surface area contributed by atoms with Gasteiger partial charge in [-0.2, -0.15) is 0 Å². The summed E-state index contributed by atoms with van der Waals surface area (Å²) in [5.74, 6) is 0.384. The molecule has 3 rings (SSSR count). The molecular formula is C21H24N2O3. The van der Waals surface area contributed by atoms with Gasteiger partial charge < -0.3 is 10.1 Å². The van der Waals surface area contributed by atoms with Gasteiger partial charge in [0.15, 0.2) is 5.78 Å². The van der Waals surface area contributed by atoms with Gasteiger partial charge in [0.25, 0.3) is 0 Å². The van der Waals surface area contributed by atoms with E-state index in [0.717, 1.165) is 28.1 Å². The highest BCUT2D eigenvalue weighted by molar-refractivity contribution is 5.97. The molecule has 1 N–H and O–H groups in total. The standard InChI is InChI=1S/C21H24N2O3/c1-12-9-13(2)20(15(4)24)14(3)18(12)11-26-21(25)16-5-8-19(22-10-16)23-17-6-7-17/h5,8-10,17H,6-7,11H2,1-4H3,(H,22,23). The zero-order valence-electron chi connectivity index (χ0n) is 15.7. The van der Waals surface area contributed by atoms with Crippen LogP contribution in [0.2, 0.25) is 0 Å². The zero-order chi connectivity index (χ0) is 18.8. The summed E-state index contributed by atoms with van der Waals surface area (Å²) in [7, 11) is 0. The number of ether oxygens (including phenoxy) is 1. The summed E-state index contributed by atoms with van der Waals surface area (Å²) in [5, 5.41) is 3.28. The fraction of sp³-hybridized carbons (Fsp3) is 0.381. The Hall–Kier alpha value is -2.69. The molecule has 1 aromatic heterocycles. The highest BCUT2D eigenvalue weighted by Crippen LogP contribution is 2.25. The monoisotopic (exact) mass is 352 g/mol. The summed E-state index contributed by atoms with van der Waals surface area (Å²) >= 11 is 0. The van der Waals surface area contributed by atoms with Crippen LogP contribution in [0.1, 0.15) is 62.7 Å². The first kappa shape index (κ1) is 18.1. The Kier molecular flexibility index (Phi) is 5.07. The molecule has 5 nitrogen and oxygen atoms in total. The normalized spacial score (nSPS) is 13.4. The molecule has 1 aliphatic carbocycles. The highest BCUT2D eigenvalue weighted by atomic mass is 16.5. The van der Waals surface area contributed by atoms with E-state index >= 15 is 0 Å². The average molecular weight is 352 g/mol. The van der Waals surface area contributed by atoms with E-state index in [2.05, 4.69) is 10.3 Å². The van der Waals surface area contributed by atoms with E-state index in [-0.39, 0.29) is 12.4 Å². The Morgan fingerprint density at radius 2 is 1.92 bits per heavy atom. The number of benzene rings is 1. The molecule has 0 spiro atoms. The summed E-state index contributed by atoms with van der Waals surface area (Å²) in [6.45, 7) is 7.49. The first-order chi connectivity index (χ1) is 12.4. The maximum absolute atomic E-state index is 12.3. The summed E-state index contributed by atoms with van der Waals surface area (Å²) in [4.78, 5) is 28.5. The Morgan fingerprint density at radius 3 is 2.50 bits per heavy atom. The quantitative estimate of drug-likeness (QED) is 0.625. The molecule has 0 aliphatic heterocycles. The Morgan fingerprint density at radius 1 is 1.19 bits per heavy atom. The van der Waals surface area contributed by atoms with E-state index in [0.29, 0.717) is 17.2 Å². The van der Waals surface area contributed by atoms with E-state index in [1.54, 1.807) is 19.1 Å². The molecule has 5 heteroatoms. The van der Waals surface area contributed by atoms with Gasteiger partial charge in [-0.1, -0.05) is 6.07 Å². The third-order valence-corrected chi connectivity index (χ3v) is 4.76. The number of nitrogens with zero attached hydrogens (tertiary/aromatic N) is 1. The zero-order valence-corrected chi connectivity index (χ0v) is 15.7. The van der Waals surface area contributed by atoms with Crippen LogP contribution in [0, 0.1) is 20.8 Å². The van der Waals surface area contributed by atoms with Crippen molar-refractivity contribution in [3.8, 4) is 0 Å². The number of nitrogens with one attached hydrogen (secondary N) is 1. The minimum atomic E-state index is -0.417. The molecule has 0 saturated heterocycles. The van der Waals surface area contributed by atoms with Crippen LogP contribution in [0.15, 0.2) is 24.4 Å². The summed E-state index contributed by atoms with van der Waals surface area (Å²) < 4.78 is 5.47. The van der Waals surface area contributed by atoms with Gasteiger partial charge in [0.2, 0.25) is 0 Å². The maximum atomic E-state index is 12.3. The van der Waals surface area contributed by atoms with Crippen molar-refractivity contribution in [2.75, 3.05) is 5.32 Å². The largest absolute Gasteiger partial charge is 0.457 e. The van der Waals surface area contributed by atoms with E-state index in [1.807, 2.05) is 26.8 Å². The summed E-state index contributed by atoms with van der Waals surface area (Å²) in [6, 6.07) is 6.00. The van der Waals surface area contributed by atoms with Crippen molar-refractivity contribution in [2.24, 2.45) is 0 Å². The lowest BCUT2D eigenvalue weighted by molar-refractivity contribution is 0.0471. The van der Waals surface area contributed by atoms with Gasteiger partial charge in [0.05, 0.1) is 5.56 Å². The number of aromatic nitrogens is 1. The van der Waals surface area contributed by atoms with Crippen LogP contribution in [0.4, 0.5) is 5.82 Å². The molecule has 0 atom stereocenters. The Labute approximate surface area is 153 Å². The van der Waals surface area contributed by atoms with Crippen LogP contribution in [0.25, 0.3) is 0 Å². The molecule has 0 amide bonds. The number of pyridine rings is 1. The molecule has 1 heterocycles. The number of hydrogen-bond donors (Lipinski definition) is 1. The van der Waals surface area contributed by atoms with E-state index in [4.69, 9.17) is 4.74 Å². The molecule has 26 heavy (non-hydrogen) atoms. The van der Waals surface area contributed by atoms with E-state index in [1.165, 1.54) is 19.0 Å². The Bertz CT molecular complexity index is 853. The second-order valence-electron chi connectivity index (χ2n) is 6.97. The van der Waals surface area contributed by atoms with Crippen molar-refractivity contribution in [3.05, 3.63) is 57.8 Å². The third kappa shape index (κ3) is 3.93. The van der Waals surface area contributed by atoms with Crippen molar-refractivity contribution in [3.63, 3.8) is 0 Å². The lowest BCUT2D eigenvalue weighted by Gasteiger charge is -2.16. The molecule has 1 aromatic carbocycles. The highest BCUT2D eigenvalue weighted by Gasteiger charge is 2.21. The minimum Gasteiger partial charge on any atom is -0.457 e. The van der Waals surface area contributed by atoms with Gasteiger partial charge >= 0.3 is 5.97 Å². The number of aryl methyl sites for hydroxylation is 2. The first-order valence-electron chi connectivity index (χ1n) is 8.87. The fourth-order valence-electron chi connectivity index (χ4n) is 3.25. The van der Waals surface area contributed by atoms with Gasteiger partial charge in [0, 0.05) is 17.8 Å². The molecule has 1 saturated carbocycles. The average Bonchev–Trinajstić information content (AvgIpc) is 3.38. The first-order valence-corrected chi connectivity index (χ1v) is 8.87. The number of rotatable bonds is 6. The molecule has 1 fully saturated rings. The number of ketones is 1.